The van der Waals surface area contributed by atoms with Gasteiger partial charge in [0.25, 0.3) is 5.69 Å². The average molecular weight is 343 g/mol. The number of Topliss-reactive ketones (excluding diaryl/α,β-unsaturated/α-hetero) is 1. The van der Waals surface area contributed by atoms with Crippen LogP contribution in [0.1, 0.15) is 35.7 Å². The van der Waals surface area contributed by atoms with Gasteiger partial charge in [-0.3, -0.25) is 19.7 Å². The Morgan fingerprint density at radius 2 is 2.05 bits per heavy atom. The van der Waals surface area contributed by atoms with E-state index in [0.717, 1.165) is 0 Å². The minimum absolute atomic E-state index is 0.0884. The van der Waals surface area contributed by atoms with Crippen molar-refractivity contribution in [2.75, 3.05) is 10.6 Å². The molecule has 0 spiro atoms. The number of nitrogens with zero attached hydrogens (tertiary/aromatic N) is 1. The second kappa shape index (κ2) is 7.14. The van der Waals surface area contributed by atoms with E-state index in [1.54, 1.807) is 6.92 Å². The van der Waals surface area contributed by atoms with Gasteiger partial charge in [0.2, 0.25) is 5.91 Å². The zero-order valence-electron chi connectivity index (χ0n) is 11.2. The number of nitro groups is 1. The number of carbonyl (C=O) groups is 2. The number of hydrogen-bond acceptors (Lipinski definition) is 4. The molecule has 0 aliphatic rings. The van der Waals surface area contributed by atoms with Gasteiger partial charge in [0.15, 0.2) is 5.78 Å². The predicted octanol–water partition coefficient (Wildman–Crippen LogP) is 3.22. The van der Waals surface area contributed by atoms with Crippen LogP contribution in [-0.4, -0.2) is 21.9 Å². The normalized spacial score (nSPS) is 10.2. The molecule has 1 rings (SSSR count). The van der Waals surface area contributed by atoms with Crippen LogP contribution in [0.4, 0.5) is 11.4 Å². The predicted molar refractivity (Wildman–Crippen MR) is 79.5 cm³/mol. The van der Waals surface area contributed by atoms with Crippen LogP contribution in [0.2, 0.25) is 0 Å². The van der Waals surface area contributed by atoms with Gasteiger partial charge in [-0.25, -0.2) is 0 Å². The van der Waals surface area contributed by atoms with Crippen LogP contribution >= 0.6 is 15.9 Å². The van der Waals surface area contributed by atoms with Crippen molar-refractivity contribution < 1.29 is 14.5 Å². The standard InChI is InChI=1S/C13H15BrN2O4/c1-3-4-12(18)15-13-8(2)5-9(11(17)7-14)6-10(13)16(19)20/h5-6H,3-4,7H2,1-2H3,(H,15,18). The quantitative estimate of drug-likeness (QED) is 0.372. The van der Waals surface area contributed by atoms with Crippen molar-refractivity contribution in [3.63, 3.8) is 0 Å². The Labute approximate surface area is 124 Å². The van der Waals surface area contributed by atoms with Gasteiger partial charge in [-0.1, -0.05) is 22.9 Å². The van der Waals surface area contributed by atoms with Gasteiger partial charge < -0.3 is 5.32 Å². The van der Waals surface area contributed by atoms with E-state index >= 15 is 0 Å². The Morgan fingerprint density at radius 3 is 2.55 bits per heavy atom. The van der Waals surface area contributed by atoms with Crippen molar-refractivity contribution in [2.45, 2.75) is 26.7 Å². The molecule has 6 nitrogen and oxygen atoms in total. The van der Waals surface area contributed by atoms with Gasteiger partial charge in [-0.15, -0.1) is 0 Å². The van der Waals surface area contributed by atoms with Crippen molar-refractivity contribution >= 4 is 39.0 Å². The fraction of sp³-hybridized carbons (Fsp3) is 0.385. The fourth-order valence-corrected chi connectivity index (χ4v) is 2.07. The van der Waals surface area contributed by atoms with Crippen LogP contribution in [0.25, 0.3) is 0 Å². The zero-order valence-corrected chi connectivity index (χ0v) is 12.8. The lowest BCUT2D eigenvalue weighted by molar-refractivity contribution is -0.384. The lowest BCUT2D eigenvalue weighted by Gasteiger charge is -2.10. The maximum absolute atomic E-state index is 11.6. The number of carbonyl (C=O) groups excluding carboxylic acids is 2. The fourth-order valence-electron chi connectivity index (χ4n) is 1.74. The van der Waals surface area contributed by atoms with Gasteiger partial charge in [0.05, 0.1) is 10.3 Å². The molecule has 0 aromatic heterocycles. The van der Waals surface area contributed by atoms with Crippen LogP contribution in [0.15, 0.2) is 12.1 Å². The molecule has 0 heterocycles. The molecule has 0 unspecified atom stereocenters. The maximum Gasteiger partial charge on any atom is 0.293 e. The molecule has 0 aliphatic heterocycles. The highest BCUT2D eigenvalue weighted by atomic mass is 79.9. The third-order valence-corrected chi connectivity index (χ3v) is 3.21. The van der Waals surface area contributed by atoms with Crippen LogP contribution in [0.3, 0.4) is 0 Å². The number of nitro benzene ring substituents is 1. The van der Waals surface area contributed by atoms with Crippen molar-refractivity contribution in [3.05, 3.63) is 33.4 Å². The van der Waals surface area contributed by atoms with E-state index in [0.29, 0.717) is 18.4 Å². The van der Waals surface area contributed by atoms with Crippen molar-refractivity contribution in [2.24, 2.45) is 0 Å². The molecule has 7 heteroatoms. The minimum atomic E-state index is -0.598. The van der Waals surface area contributed by atoms with Crippen molar-refractivity contribution in [1.82, 2.24) is 0 Å². The SMILES string of the molecule is CCCC(=O)Nc1c(C)cc(C(=O)CBr)cc1[N+](=O)[O-]. The van der Waals surface area contributed by atoms with Crippen LogP contribution in [0.5, 0.6) is 0 Å². The summed E-state index contributed by atoms with van der Waals surface area (Å²) in [5, 5.41) is 13.7. The third-order valence-electron chi connectivity index (χ3n) is 2.70. The Balaban J connectivity index is 3.26. The highest BCUT2D eigenvalue weighted by Crippen LogP contribution is 2.30. The number of amides is 1. The summed E-state index contributed by atoms with van der Waals surface area (Å²) in [4.78, 5) is 33.7. The van der Waals surface area contributed by atoms with Crippen molar-refractivity contribution in [3.8, 4) is 0 Å². The summed E-state index contributed by atoms with van der Waals surface area (Å²) in [6.45, 7) is 3.47. The number of benzene rings is 1. The summed E-state index contributed by atoms with van der Waals surface area (Å²) in [5.74, 6) is -0.527. The van der Waals surface area contributed by atoms with E-state index in [2.05, 4.69) is 21.2 Å². The number of halogens is 1. The molecule has 108 valence electrons. The number of hydrogen-bond donors (Lipinski definition) is 1. The van der Waals surface area contributed by atoms with Crippen LogP contribution < -0.4 is 5.32 Å². The molecule has 0 bridgehead atoms. The van der Waals surface area contributed by atoms with E-state index in [-0.39, 0.29) is 34.0 Å². The summed E-state index contributed by atoms with van der Waals surface area (Å²) >= 11 is 3.03. The largest absolute Gasteiger partial charge is 0.320 e. The Hall–Kier alpha value is -1.76. The van der Waals surface area contributed by atoms with E-state index in [1.165, 1.54) is 12.1 Å². The van der Waals surface area contributed by atoms with Gasteiger partial charge >= 0.3 is 0 Å². The number of aryl methyl sites for hydroxylation is 1. The van der Waals surface area contributed by atoms with E-state index in [4.69, 9.17) is 0 Å². The molecule has 0 atom stereocenters. The number of rotatable bonds is 6. The summed E-state index contributed by atoms with van der Waals surface area (Å²) in [6, 6.07) is 2.73. The zero-order chi connectivity index (χ0) is 15.3. The Morgan fingerprint density at radius 1 is 1.40 bits per heavy atom. The van der Waals surface area contributed by atoms with E-state index in [1.807, 2.05) is 6.92 Å². The number of anilines is 1. The number of ketones is 1. The van der Waals surface area contributed by atoms with Gasteiger partial charge in [0.1, 0.15) is 5.69 Å². The molecule has 0 fully saturated rings. The monoisotopic (exact) mass is 342 g/mol. The summed E-state index contributed by atoms with van der Waals surface area (Å²) in [7, 11) is 0. The molecule has 1 N–H and O–H groups in total. The first-order valence-electron chi connectivity index (χ1n) is 6.08. The summed E-state index contributed by atoms with van der Waals surface area (Å²) in [6.07, 6.45) is 0.942. The molecular weight excluding hydrogens is 328 g/mol. The van der Waals surface area contributed by atoms with Crippen LogP contribution in [0, 0.1) is 17.0 Å². The molecule has 20 heavy (non-hydrogen) atoms. The molecule has 0 saturated heterocycles. The Kier molecular flexibility index (Phi) is 5.82. The smallest absolute Gasteiger partial charge is 0.293 e. The van der Waals surface area contributed by atoms with E-state index in [9.17, 15) is 19.7 Å². The van der Waals surface area contributed by atoms with Crippen molar-refractivity contribution in [1.29, 1.82) is 0 Å². The molecule has 0 aliphatic carbocycles. The molecule has 0 saturated carbocycles. The first kappa shape index (κ1) is 16.3. The van der Waals surface area contributed by atoms with Gasteiger partial charge in [-0.05, 0) is 25.0 Å². The maximum atomic E-state index is 11.6. The lowest BCUT2D eigenvalue weighted by atomic mass is 10.0. The average Bonchev–Trinajstić information content (AvgIpc) is 2.39. The third kappa shape index (κ3) is 3.86. The second-order valence-electron chi connectivity index (χ2n) is 4.30. The van der Waals surface area contributed by atoms with Gasteiger partial charge in [-0.2, -0.15) is 0 Å². The highest BCUT2D eigenvalue weighted by molar-refractivity contribution is 9.09. The molecular formula is C13H15BrN2O4. The second-order valence-corrected chi connectivity index (χ2v) is 4.86. The lowest BCUT2D eigenvalue weighted by Crippen LogP contribution is -2.14. The number of alkyl halides is 1. The van der Waals surface area contributed by atoms with E-state index < -0.39 is 4.92 Å². The Bertz CT molecular complexity index is 558. The number of nitrogens with one attached hydrogen (secondary N) is 1. The topological polar surface area (TPSA) is 89.3 Å². The first-order valence-corrected chi connectivity index (χ1v) is 7.20. The minimum Gasteiger partial charge on any atom is -0.320 e. The summed E-state index contributed by atoms with van der Waals surface area (Å²) in [5.41, 5.74) is 0.630. The highest BCUT2D eigenvalue weighted by Gasteiger charge is 2.21. The molecule has 1 amide bonds. The first-order chi connectivity index (χ1) is 9.40. The molecule has 0 radical (unpaired) electrons. The molecule has 1 aromatic rings. The summed E-state index contributed by atoms with van der Waals surface area (Å²) < 4.78 is 0. The van der Waals surface area contributed by atoms with Crippen LogP contribution in [-0.2, 0) is 4.79 Å². The van der Waals surface area contributed by atoms with Gasteiger partial charge in [0, 0.05) is 18.1 Å². The molecule has 1 aromatic carbocycles.